The van der Waals surface area contributed by atoms with Crippen LogP contribution >= 0.6 is 0 Å². The van der Waals surface area contributed by atoms with Crippen molar-refractivity contribution < 1.29 is 18.0 Å². The number of piperazine rings is 1. The highest BCUT2D eigenvalue weighted by Crippen LogP contribution is 2.29. The molecule has 6 rings (SSSR count). The molecule has 0 saturated carbocycles. The van der Waals surface area contributed by atoms with Crippen molar-refractivity contribution in [1.82, 2.24) is 19.1 Å². The Morgan fingerprint density at radius 3 is 2.32 bits per heavy atom. The number of likely N-dealkylation sites (tertiary alicyclic amines) is 1. The van der Waals surface area contributed by atoms with Crippen LogP contribution in [-0.4, -0.2) is 78.2 Å². The van der Waals surface area contributed by atoms with Crippen molar-refractivity contribution >= 4 is 38.6 Å². The Morgan fingerprint density at radius 1 is 0.841 bits per heavy atom. The number of rotatable bonds is 6. The van der Waals surface area contributed by atoms with Crippen molar-refractivity contribution in [3.05, 3.63) is 102 Å². The molecule has 2 aliphatic heterocycles. The first-order valence-corrected chi connectivity index (χ1v) is 16.5. The Balaban J connectivity index is 1.24. The first-order valence-electron chi connectivity index (χ1n) is 15.1. The molecule has 4 aromatic rings. The molecule has 0 spiro atoms. The molecule has 1 N–H and O–H groups in total. The van der Waals surface area contributed by atoms with Crippen LogP contribution in [0.4, 0.5) is 10.5 Å². The van der Waals surface area contributed by atoms with Crippen LogP contribution in [0, 0.1) is 12.8 Å². The highest BCUT2D eigenvalue weighted by molar-refractivity contribution is 7.89. The molecular formula is C34H37N5O4S. The summed E-state index contributed by atoms with van der Waals surface area (Å²) in [5.41, 5.74) is 3.35. The van der Waals surface area contributed by atoms with E-state index in [0.717, 1.165) is 24.8 Å². The zero-order valence-corrected chi connectivity index (χ0v) is 25.6. The predicted molar refractivity (Wildman–Crippen MR) is 171 cm³/mol. The van der Waals surface area contributed by atoms with Gasteiger partial charge in [0.15, 0.2) is 0 Å². The number of pyridine rings is 1. The van der Waals surface area contributed by atoms with Gasteiger partial charge in [-0.3, -0.25) is 9.78 Å². The summed E-state index contributed by atoms with van der Waals surface area (Å²) in [4.78, 5) is 35.2. The summed E-state index contributed by atoms with van der Waals surface area (Å²) in [5, 5.41) is 3.60. The molecule has 1 aromatic heterocycles. The van der Waals surface area contributed by atoms with E-state index in [0.29, 0.717) is 35.6 Å². The summed E-state index contributed by atoms with van der Waals surface area (Å²) in [6.07, 6.45) is 4.20. The standard InChI is InChI=1S/C34H37N5O4S/c1-25-12-14-29(15-13-25)36-34(41)38-21-22-39(44(42,43)31-11-5-9-28-10-6-18-35-32(28)31)30(24-38)33(40)37-19-16-27(17-20-37)23-26-7-3-2-4-8-26/h2-15,18,27,30H,16-17,19-24H2,1H3,(H,36,41). The minimum Gasteiger partial charge on any atom is -0.341 e. The van der Waals surface area contributed by atoms with Gasteiger partial charge in [0.1, 0.15) is 10.9 Å². The lowest BCUT2D eigenvalue weighted by molar-refractivity contribution is -0.138. The van der Waals surface area contributed by atoms with Crippen molar-refractivity contribution in [2.45, 2.75) is 37.1 Å². The quantitative estimate of drug-likeness (QED) is 0.333. The third-order valence-corrected chi connectivity index (χ3v) is 10.6. The van der Waals surface area contributed by atoms with Gasteiger partial charge < -0.3 is 15.1 Å². The number of aromatic nitrogens is 1. The number of para-hydroxylation sites is 1. The summed E-state index contributed by atoms with van der Waals surface area (Å²) in [6.45, 7) is 3.17. The third kappa shape index (κ3) is 6.32. The largest absolute Gasteiger partial charge is 0.341 e. The van der Waals surface area contributed by atoms with E-state index in [1.807, 2.05) is 61.5 Å². The van der Waals surface area contributed by atoms with E-state index in [4.69, 9.17) is 0 Å². The third-order valence-electron chi connectivity index (χ3n) is 8.68. The van der Waals surface area contributed by atoms with Gasteiger partial charge in [0.2, 0.25) is 15.9 Å². The second-order valence-corrected chi connectivity index (χ2v) is 13.5. The Morgan fingerprint density at radius 2 is 1.57 bits per heavy atom. The number of amides is 3. The molecule has 3 amide bonds. The molecule has 3 aromatic carbocycles. The van der Waals surface area contributed by atoms with Crippen LogP contribution in [0.3, 0.4) is 0 Å². The first-order chi connectivity index (χ1) is 21.3. The van der Waals surface area contributed by atoms with Gasteiger partial charge in [-0.05, 0) is 61.9 Å². The van der Waals surface area contributed by atoms with Gasteiger partial charge in [0.05, 0.1) is 5.52 Å². The number of anilines is 1. The number of nitrogens with zero attached hydrogens (tertiary/aromatic N) is 4. The molecule has 2 aliphatic rings. The first kappa shape index (κ1) is 29.8. The van der Waals surface area contributed by atoms with Gasteiger partial charge in [-0.2, -0.15) is 4.31 Å². The summed E-state index contributed by atoms with van der Waals surface area (Å²) in [5.74, 6) is 0.180. The number of nitrogens with one attached hydrogen (secondary N) is 1. The Hall–Kier alpha value is -4.28. The van der Waals surface area contributed by atoms with Gasteiger partial charge in [-0.1, -0.05) is 66.2 Å². The molecule has 0 aliphatic carbocycles. The number of hydrogen-bond acceptors (Lipinski definition) is 5. The number of carbonyl (C=O) groups is 2. The van der Waals surface area contributed by atoms with E-state index in [-0.39, 0.29) is 36.5 Å². The van der Waals surface area contributed by atoms with Crippen molar-refractivity contribution in [3.63, 3.8) is 0 Å². The zero-order valence-electron chi connectivity index (χ0n) is 24.8. The van der Waals surface area contributed by atoms with Crippen LogP contribution in [0.5, 0.6) is 0 Å². The lowest BCUT2D eigenvalue weighted by Crippen LogP contribution is -2.62. The predicted octanol–water partition coefficient (Wildman–Crippen LogP) is 4.93. The molecule has 9 nitrogen and oxygen atoms in total. The Labute approximate surface area is 258 Å². The fourth-order valence-corrected chi connectivity index (χ4v) is 7.94. The van der Waals surface area contributed by atoms with Gasteiger partial charge in [0, 0.05) is 50.0 Å². The maximum Gasteiger partial charge on any atom is 0.321 e. The van der Waals surface area contributed by atoms with Crippen molar-refractivity contribution in [2.75, 3.05) is 38.0 Å². The smallest absolute Gasteiger partial charge is 0.321 e. The summed E-state index contributed by atoms with van der Waals surface area (Å²) < 4.78 is 29.8. The van der Waals surface area contributed by atoms with E-state index in [1.165, 1.54) is 20.8 Å². The number of benzene rings is 3. The van der Waals surface area contributed by atoms with Crippen molar-refractivity contribution in [1.29, 1.82) is 0 Å². The molecule has 10 heteroatoms. The lowest BCUT2D eigenvalue weighted by Gasteiger charge is -2.42. The SMILES string of the molecule is Cc1ccc(NC(=O)N2CCN(S(=O)(=O)c3cccc4cccnc34)C(C(=O)N3CCC(Cc4ccccc4)CC3)C2)cc1. The number of sulfonamides is 1. The summed E-state index contributed by atoms with van der Waals surface area (Å²) in [7, 11) is -4.12. The molecule has 44 heavy (non-hydrogen) atoms. The summed E-state index contributed by atoms with van der Waals surface area (Å²) >= 11 is 0. The number of aryl methyl sites for hydroxylation is 1. The zero-order chi connectivity index (χ0) is 30.7. The van der Waals surface area contributed by atoms with Gasteiger partial charge in [-0.15, -0.1) is 0 Å². The fourth-order valence-electron chi connectivity index (χ4n) is 6.21. The molecule has 1 atom stereocenters. The van der Waals surface area contributed by atoms with Crippen LogP contribution in [0.2, 0.25) is 0 Å². The van der Waals surface area contributed by atoms with Crippen LogP contribution in [0.15, 0.2) is 96.0 Å². The molecule has 228 valence electrons. The van der Waals surface area contributed by atoms with Gasteiger partial charge in [0.25, 0.3) is 0 Å². The van der Waals surface area contributed by atoms with E-state index in [9.17, 15) is 18.0 Å². The number of carbonyl (C=O) groups excluding carboxylic acids is 2. The summed E-state index contributed by atoms with van der Waals surface area (Å²) in [6, 6.07) is 25.0. The number of hydrogen-bond donors (Lipinski definition) is 1. The highest BCUT2D eigenvalue weighted by Gasteiger charge is 2.44. The molecule has 1 unspecified atom stereocenters. The Bertz CT molecular complexity index is 1730. The van der Waals surface area contributed by atoms with Crippen molar-refractivity contribution in [3.8, 4) is 0 Å². The average Bonchev–Trinajstić information content (AvgIpc) is 3.05. The van der Waals surface area contributed by atoms with Gasteiger partial charge >= 0.3 is 6.03 Å². The van der Waals surface area contributed by atoms with Crippen LogP contribution in [-0.2, 0) is 21.2 Å². The number of fused-ring (bicyclic) bond motifs is 1. The van der Waals surface area contributed by atoms with E-state index < -0.39 is 16.1 Å². The molecule has 3 heterocycles. The average molecular weight is 612 g/mol. The van der Waals surface area contributed by atoms with Gasteiger partial charge in [-0.25, -0.2) is 13.2 Å². The lowest BCUT2D eigenvalue weighted by atomic mass is 9.90. The number of piperidine rings is 1. The van der Waals surface area contributed by atoms with Crippen LogP contribution in [0.1, 0.15) is 24.0 Å². The molecule has 2 fully saturated rings. The van der Waals surface area contributed by atoms with E-state index in [1.54, 1.807) is 23.2 Å². The minimum absolute atomic E-state index is 0.00620. The van der Waals surface area contributed by atoms with E-state index in [2.05, 4.69) is 22.4 Å². The normalized spacial score (nSPS) is 18.3. The second kappa shape index (κ2) is 12.8. The van der Waals surface area contributed by atoms with Crippen LogP contribution in [0.25, 0.3) is 10.9 Å². The monoisotopic (exact) mass is 611 g/mol. The molecule has 0 bridgehead atoms. The molecule has 0 radical (unpaired) electrons. The Kier molecular flexibility index (Phi) is 8.63. The maximum absolute atomic E-state index is 14.2. The second-order valence-electron chi connectivity index (χ2n) is 11.7. The highest BCUT2D eigenvalue weighted by atomic mass is 32.2. The van der Waals surface area contributed by atoms with Crippen molar-refractivity contribution in [2.24, 2.45) is 5.92 Å². The fraction of sp³-hybridized carbons (Fsp3) is 0.324. The molecular weight excluding hydrogens is 574 g/mol. The topological polar surface area (TPSA) is 103 Å². The maximum atomic E-state index is 14.2. The van der Waals surface area contributed by atoms with Crippen LogP contribution < -0.4 is 5.32 Å². The minimum atomic E-state index is -4.12. The molecule has 2 saturated heterocycles. The van der Waals surface area contributed by atoms with E-state index >= 15 is 0 Å². The number of urea groups is 1.